The van der Waals surface area contributed by atoms with Gasteiger partial charge in [-0.2, -0.15) is 0 Å². The van der Waals surface area contributed by atoms with Crippen LogP contribution in [0.15, 0.2) is 30.5 Å². The number of primary amides is 1. The molecule has 1 aliphatic rings. The topological polar surface area (TPSA) is 76.3 Å². The summed E-state index contributed by atoms with van der Waals surface area (Å²) >= 11 is 6.36. The number of halogens is 1. The van der Waals surface area contributed by atoms with Crippen LogP contribution in [0.4, 0.5) is 5.69 Å². The SMILES string of the molecule is NC(=O)C1CC(=O)N(c2cnc3ccccc3c2Cl)C1. The fourth-order valence-corrected chi connectivity index (χ4v) is 2.73. The molecule has 20 heavy (non-hydrogen) atoms. The predicted octanol–water partition coefficient (Wildman–Crippen LogP) is 1.73. The van der Waals surface area contributed by atoms with Gasteiger partial charge in [-0.05, 0) is 6.07 Å². The van der Waals surface area contributed by atoms with E-state index in [2.05, 4.69) is 4.98 Å². The zero-order valence-electron chi connectivity index (χ0n) is 10.5. The maximum atomic E-state index is 12.0. The summed E-state index contributed by atoms with van der Waals surface area (Å²) in [5, 5.41) is 1.25. The smallest absolute Gasteiger partial charge is 0.227 e. The molecule has 1 aromatic heterocycles. The Morgan fingerprint density at radius 2 is 2.15 bits per heavy atom. The molecule has 6 heteroatoms. The third-order valence-corrected chi connectivity index (χ3v) is 3.91. The molecule has 1 unspecified atom stereocenters. The van der Waals surface area contributed by atoms with Gasteiger partial charge < -0.3 is 10.6 Å². The van der Waals surface area contributed by atoms with Crippen molar-refractivity contribution >= 4 is 40.0 Å². The molecule has 102 valence electrons. The van der Waals surface area contributed by atoms with Gasteiger partial charge in [-0.3, -0.25) is 14.6 Å². The first-order valence-electron chi connectivity index (χ1n) is 6.21. The molecule has 0 bridgehead atoms. The zero-order valence-corrected chi connectivity index (χ0v) is 11.3. The molecule has 0 spiro atoms. The summed E-state index contributed by atoms with van der Waals surface area (Å²) < 4.78 is 0. The lowest BCUT2D eigenvalue weighted by Gasteiger charge is -2.18. The Balaban J connectivity index is 2.05. The molecule has 2 heterocycles. The van der Waals surface area contributed by atoms with Crippen LogP contribution in [0.1, 0.15) is 6.42 Å². The Morgan fingerprint density at radius 1 is 1.40 bits per heavy atom. The van der Waals surface area contributed by atoms with Gasteiger partial charge in [0.05, 0.1) is 28.3 Å². The number of nitrogens with zero attached hydrogens (tertiary/aromatic N) is 2. The van der Waals surface area contributed by atoms with Crippen LogP contribution in [0.3, 0.4) is 0 Å². The molecule has 0 saturated carbocycles. The second-order valence-corrected chi connectivity index (χ2v) is 5.16. The van der Waals surface area contributed by atoms with E-state index < -0.39 is 11.8 Å². The van der Waals surface area contributed by atoms with Gasteiger partial charge in [0.1, 0.15) is 0 Å². The van der Waals surface area contributed by atoms with E-state index in [4.69, 9.17) is 17.3 Å². The molecule has 2 amide bonds. The van der Waals surface area contributed by atoms with Crippen molar-refractivity contribution in [2.24, 2.45) is 11.7 Å². The monoisotopic (exact) mass is 289 g/mol. The average Bonchev–Trinajstić information content (AvgIpc) is 2.82. The van der Waals surface area contributed by atoms with Crippen LogP contribution in [0.5, 0.6) is 0 Å². The fourth-order valence-electron chi connectivity index (χ4n) is 2.42. The summed E-state index contributed by atoms with van der Waals surface area (Å²) in [6.45, 7) is 0.258. The minimum absolute atomic E-state index is 0.124. The lowest BCUT2D eigenvalue weighted by Crippen LogP contribution is -2.28. The van der Waals surface area contributed by atoms with Crippen molar-refractivity contribution in [3.63, 3.8) is 0 Å². The largest absolute Gasteiger partial charge is 0.369 e. The van der Waals surface area contributed by atoms with Crippen molar-refractivity contribution in [1.82, 2.24) is 4.98 Å². The van der Waals surface area contributed by atoms with E-state index in [1.165, 1.54) is 4.90 Å². The van der Waals surface area contributed by atoms with E-state index in [-0.39, 0.29) is 18.9 Å². The average molecular weight is 290 g/mol. The quantitative estimate of drug-likeness (QED) is 0.914. The molecule has 2 N–H and O–H groups in total. The van der Waals surface area contributed by atoms with Crippen LogP contribution in [-0.2, 0) is 9.59 Å². The van der Waals surface area contributed by atoms with Gasteiger partial charge in [-0.25, -0.2) is 0 Å². The van der Waals surface area contributed by atoms with Gasteiger partial charge in [0.25, 0.3) is 0 Å². The standard InChI is InChI=1S/C14H12ClN3O2/c15-13-9-3-1-2-4-10(9)17-6-11(13)18-7-8(14(16)20)5-12(18)19/h1-4,6,8H,5,7H2,(H2,16,20). The van der Waals surface area contributed by atoms with E-state index in [1.54, 1.807) is 6.20 Å². The highest BCUT2D eigenvalue weighted by Crippen LogP contribution is 2.35. The number of aromatic nitrogens is 1. The van der Waals surface area contributed by atoms with Crippen LogP contribution in [-0.4, -0.2) is 23.3 Å². The summed E-state index contributed by atoms with van der Waals surface area (Å²) in [6.07, 6.45) is 1.68. The number of para-hydroxylation sites is 1. The minimum atomic E-state index is -0.468. The summed E-state index contributed by atoms with van der Waals surface area (Å²) in [4.78, 5) is 29.0. The molecular weight excluding hydrogens is 278 g/mol. The highest BCUT2D eigenvalue weighted by Gasteiger charge is 2.35. The van der Waals surface area contributed by atoms with Crippen LogP contribution in [0.25, 0.3) is 10.9 Å². The number of fused-ring (bicyclic) bond motifs is 1. The highest BCUT2D eigenvalue weighted by atomic mass is 35.5. The third kappa shape index (κ3) is 2.00. The van der Waals surface area contributed by atoms with Gasteiger partial charge >= 0.3 is 0 Å². The Hall–Kier alpha value is -2.14. The first kappa shape index (κ1) is 12.9. The zero-order chi connectivity index (χ0) is 14.3. The number of carbonyl (C=O) groups is 2. The van der Waals surface area contributed by atoms with Crippen molar-refractivity contribution in [1.29, 1.82) is 0 Å². The third-order valence-electron chi connectivity index (χ3n) is 3.51. The van der Waals surface area contributed by atoms with Gasteiger partial charge in [0, 0.05) is 18.4 Å². The van der Waals surface area contributed by atoms with Crippen molar-refractivity contribution < 1.29 is 9.59 Å². The number of anilines is 1. The first-order chi connectivity index (χ1) is 9.58. The number of hydrogen-bond donors (Lipinski definition) is 1. The molecule has 5 nitrogen and oxygen atoms in total. The van der Waals surface area contributed by atoms with Gasteiger partial charge in [-0.15, -0.1) is 0 Å². The molecular formula is C14H12ClN3O2. The Morgan fingerprint density at radius 3 is 2.85 bits per heavy atom. The molecule has 0 aliphatic carbocycles. The molecule has 3 rings (SSSR count). The van der Waals surface area contributed by atoms with Crippen molar-refractivity contribution in [2.75, 3.05) is 11.4 Å². The summed E-state index contributed by atoms with van der Waals surface area (Å²) in [6, 6.07) is 7.43. The van der Waals surface area contributed by atoms with Crippen LogP contribution in [0, 0.1) is 5.92 Å². The lowest BCUT2D eigenvalue weighted by molar-refractivity contribution is -0.123. The Kier molecular flexibility index (Phi) is 3.06. The van der Waals surface area contributed by atoms with Crippen molar-refractivity contribution in [2.45, 2.75) is 6.42 Å². The minimum Gasteiger partial charge on any atom is -0.369 e. The molecule has 1 atom stereocenters. The fraction of sp³-hybridized carbons (Fsp3) is 0.214. The van der Waals surface area contributed by atoms with Crippen molar-refractivity contribution in [3.8, 4) is 0 Å². The molecule has 1 fully saturated rings. The van der Waals surface area contributed by atoms with Gasteiger partial charge in [0.2, 0.25) is 11.8 Å². The number of amides is 2. The molecule has 1 saturated heterocycles. The predicted molar refractivity (Wildman–Crippen MR) is 76.4 cm³/mol. The van der Waals surface area contributed by atoms with Crippen LogP contribution in [0.2, 0.25) is 5.02 Å². The number of rotatable bonds is 2. The first-order valence-corrected chi connectivity index (χ1v) is 6.58. The number of carbonyl (C=O) groups excluding carboxylic acids is 2. The van der Waals surface area contributed by atoms with Gasteiger partial charge in [0.15, 0.2) is 0 Å². The molecule has 0 radical (unpaired) electrons. The number of nitrogens with two attached hydrogens (primary N) is 1. The number of pyridine rings is 1. The summed E-state index contributed by atoms with van der Waals surface area (Å²) in [5.74, 6) is -1.09. The van der Waals surface area contributed by atoms with E-state index in [0.29, 0.717) is 10.7 Å². The normalized spacial score (nSPS) is 18.8. The maximum Gasteiger partial charge on any atom is 0.227 e. The molecule has 2 aromatic rings. The molecule has 1 aromatic carbocycles. The second kappa shape index (κ2) is 4.76. The van der Waals surface area contributed by atoms with E-state index in [9.17, 15) is 9.59 Å². The number of benzene rings is 1. The van der Waals surface area contributed by atoms with Gasteiger partial charge in [-0.1, -0.05) is 29.8 Å². The van der Waals surface area contributed by atoms with E-state index >= 15 is 0 Å². The summed E-state index contributed by atoms with van der Waals surface area (Å²) in [7, 11) is 0. The Labute approximate surface area is 120 Å². The number of hydrogen-bond acceptors (Lipinski definition) is 3. The van der Waals surface area contributed by atoms with Crippen LogP contribution >= 0.6 is 11.6 Å². The summed E-state index contributed by atoms with van der Waals surface area (Å²) in [5.41, 5.74) is 6.55. The van der Waals surface area contributed by atoms with Crippen molar-refractivity contribution in [3.05, 3.63) is 35.5 Å². The second-order valence-electron chi connectivity index (χ2n) is 4.78. The Bertz CT molecular complexity index is 717. The van der Waals surface area contributed by atoms with E-state index in [0.717, 1.165) is 10.9 Å². The molecule has 1 aliphatic heterocycles. The van der Waals surface area contributed by atoms with E-state index in [1.807, 2.05) is 24.3 Å². The lowest BCUT2D eigenvalue weighted by atomic mass is 10.1. The highest BCUT2D eigenvalue weighted by molar-refractivity contribution is 6.38. The maximum absolute atomic E-state index is 12.0. The van der Waals surface area contributed by atoms with Crippen LogP contribution < -0.4 is 10.6 Å².